The Bertz CT molecular complexity index is 1080. The second-order valence-corrected chi connectivity index (χ2v) is 6.51. The van der Waals surface area contributed by atoms with Crippen molar-refractivity contribution >= 4 is 28.4 Å². The van der Waals surface area contributed by atoms with Gasteiger partial charge in [0.05, 0.1) is 0 Å². The average molecular weight is 366 g/mol. The molecule has 4 rings (SSSR count). The standard InChI is InChI=1S/C20H16ClN3O2/c21-14-7-9-17-16(10-14)13(11-23-17)6-8-15-18(12-4-2-1-3-5-12)24-26-19(15)20(22)25/h1-5,7,9-11,23H,6,8H2,(H2,22,25). The highest BCUT2D eigenvalue weighted by molar-refractivity contribution is 6.31. The molecule has 0 atom stereocenters. The number of aromatic nitrogens is 2. The van der Waals surface area contributed by atoms with Crippen molar-refractivity contribution in [3.05, 3.63) is 76.6 Å². The summed E-state index contributed by atoms with van der Waals surface area (Å²) < 4.78 is 5.23. The van der Waals surface area contributed by atoms with Gasteiger partial charge in [-0.25, -0.2) is 0 Å². The van der Waals surface area contributed by atoms with Crippen molar-refractivity contribution in [3.8, 4) is 11.3 Å². The Balaban J connectivity index is 1.70. The third-order valence-electron chi connectivity index (χ3n) is 4.43. The maximum atomic E-state index is 11.7. The maximum absolute atomic E-state index is 11.7. The molecule has 6 heteroatoms. The van der Waals surface area contributed by atoms with E-state index in [1.165, 1.54) is 0 Å². The summed E-state index contributed by atoms with van der Waals surface area (Å²) >= 11 is 6.12. The van der Waals surface area contributed by atoms with Crippen LogP contribution in [0.5, 0.6) is 0 Å². The number of carbonyl (C=O) groups is 1. The summed E-state index contributed by atoms with van der Waals surface area (Å²) in [5, 5.41) is 5.83. The van der Waals surface area contributed by atoms with Gasteiger partial charge in [0.2, 0.25) is 5.76 Å². The molecule has 5 nitrogen and oxygen atoms in total. The number of nitrogens with zero attached hydrogens (tertiary/aromatic N) is 1. The number of primary amides is 1. The number of nitrogens with two attached hydrogens (primary N) is 1. The molecule has 1 amide bonds. The number of hydrogen-bond donors (Lipinski definition) is 2. The molecular weight excluding hydrogens is 350 g/mol. The van der Waals surface area contributed by atoms with Crippen LogP contribution < -0.4 is 5.73 Å². The van der Waals surface area contributed by atoms with Gasteiger partial charge in [-0.1, -0.05) is 47.1 Å². The van der Waals surface area contributed by atoms with E-state index in [9.17, 15) is 4.79 Å². The first-order chi connectivity index (χ1) is 12.6. The number of aromatic amines is 1. The van der Waals surface area contributed by atoms with Gasteiger partial charge in [0.15, 0.2) is 0 Å². The molecule has 2 heterocycles. The number of halogens is 1. The van der Waals surface area contributed by atoms with E-state index in [4.69, 9.17) is 21.9 Å². The monoisotopic (exact) mass is 365 g/mol. The smallest absolute Gasteiger partial charge is 0.287 e. The largest absolute Gasteiger partial charge is 0.363 e. The Labute approximate surface area is 154 Å². The van der Waals surface area contributed by atoms with E-state index in [0.29, 0.717) is 23.6 Å². The van der Waals surface area contributed by atoms with Gasteiger partial charge >= 0.3 is 0 Å². The van der Waals surface area contributed by atoms with E-state index in [1.807, 2.05) is 54.7 Å². The fourth-order valence-corrected chi connectivity index (χ4v) is 3.35. The molecule has 0 saturated carbocycles. The van der Waals surface area contributed by atoms with Crippen molar-refractivity contribution in [1.82, 2.24) is 10.1 Å². The molecule has 0 bridgehead atoms. The van der Waals surface area contributed by atoms with Gasteiger partial charge in [-0.2, -0.15) is 0 Å². The van der Waals surface area contributed by atoms with Crippen LogP contribution in [0.1, 0.15) is 21.7 Å². The first kappa shape index (κ1) is 16.4. The molecule has 26 heavy (non-hydrogen) atoms. The average Bonchev–Trinajstić information content (AvgIpc) is 3.24. The highest BCUT2D eigenvalue weighted by Crippen LogP contribution is 2.28. The van der Waals surface area contributed by atoms with Crippen molar-refractivity contribution in [2.24, 2.45) is 5.73 Å². The van der Waals surface area contributed by atoms with Gasteiger partial charge in [0, 0.05) is 33.2 Å². The summed E-state index contributed by atoms with van der Waals surface area (Å²) in [4.78, 5) is 15.0. The van der Waals surface area contributed by atoms with Gasteiger partial charge < -0.3 is 15.2 Å². The minimum Gasteiger partial charge on any atom is -0.363 e. The SMILES string of the molecule is NC(=O)c1onc(-c2ccccc2)c1CCc1c[nH]c2ccc(Cl)cc12. The van der Waals surface area contributed by atoms with Crippen molar-refractivity contribution in [2.75, 3.05) is 0 Å². The Kier molecular flexibility index (Phi) is 4.22. The lowest BCUT2D eigenvalue weighted by atomic mass is 9.99. The molecule has 2 aromatic carbocycles. The lowest BCUT2D eigenvalue weighted by molar-refractivity contribution is 0.0964. The molecule has 0 aliphatic carbocycles. The van der Waals surface area contributed by atoms with Crippen molar-refractivity contribution in [3.63, 3.8) is 0 Å². The van der Waals surface area contributed by atoms with Crippen LogP contribution in [0.15, 0.2) is 59.3 Å². The van der Waals surface area contributed by atoms with Gasteiger partial charge in [0.1, 0.15) is 5.69 Å². The summed E-state index contributed by atoms with van der Waals surface area (Å²) in [5.41, 5.74) is 9.86. The predicted octanol–water partition coefficient (Wildman–Crippen LogP) is 4.36. The van der Waals surface area contributed by atoms with E-state index in [-0.39, 0.29) is 5.76 Å². The number of amides is 1. The van der Waals surface area contributed by atoms with Crippen LogP contribution in [0.25, 0.3) is 22.2 Å². The third-order valence-corrected chi connectivity index (χ3v) is 4.67. The number of rotatable bonds is 5. The van der Waals surface area contributed by atoms with E-state index in [2.05, 4.69) is 10.1 Å². The maximum Gasteiger partial charge on any atom is 0.287 e. The minimum absolute atomic E-state index is 0.113. The van der Waals surface area contributed by atoms with Crippen LogP contribution in [-0.4, -0.2) is 16.0 Å². The molecule has 0 fully saturated rings. The van der Waals surface area contributed by atoms with Crippen LogP contribution in [-0.2, 0) is 12.8 Å². The first-order valence-corrected chi connectivity index (χ1v) is 8.60. The minimum atomic E-state index is -0.614. The van der Waals surface area contributed by atoms with E-state index >= 15 is 0 Å². The molecule has 0 saturated heterocycles. The summed E-state index contributed by atoms with van der Waals surface area (Å²) in [6.45, 7) is 0. The number of aryl methyl sites for hydroxylation is 1. The quantitative estimate of drug-likeness (QED) is 0.551. The number of hydrogen-bond acceptors (Lipinski definition) is 3. The molecule has 0 unspecified atom stereocenters. The van der Waals surface area contributed by atoms with Crippen LogP contribution in [0.2, 0.25) is 5.02 Å². The topological polar surface area (TPSA) is 84.9 Å². The number of benzene rings is 2. The van der Waals surface area contributed by atoms with Crippen molar-refractivity contribution in [2.45, 2.75) is 12.8 Å². The Morgan fingerprint density at radius 2 is 1.96 bits per heavy atom. The van der Waals surface area contributed by atoms with Gasteiger partial charge in [0.25, 0.3) is 5.91 Å². The number of H-pyrrole nitrogens is 1. The molecule has 0 aliphatic rings. The van der Waals surface area contributed by atoms with Crippen LogP contribution in [0.3, 0.4) is 0 Å². The van der Waals surface area contributed by atoms with Gasteiger partial charge in [-0.15, -0.1) is 0 Å². The number of nitrogens with one attached hydrogen (secondary N) is 1. The second kappa shape index (κ2) is 6.69. The van der Waals surface area contributed by atoms with Gasteiger partial charge in [-0.05, 0) is 36.6 Å². The Morgan fingerprint density at radius 3 is 2.73 bits per heavy atom. The summed E-state index contributed by atoms with van der Waals surface area (Å²) in [6.07, 6.45) is 3.23. The van der Waals surface area contributed by atoms with Crippen LogP contribution >= 0.6 is 11.6 Å². The van der Waals surface area contributed by atoms with E-state index < -0.39 is 5.91 Å². The Hall–Kier alpha value is -3.05. The first-order valence-electron chi connectivity index (χ1n) is 8.23. The second-order valence-electron chi connectivity index (χ2n) is 6.07. The highest BCUT2D eigenvalue weighted by atomic mass is 35.5. The molecule has 0 aliphatic heterocycles. The third kappa shape index (κ3) is 2.97. The van der Waals surface area contributed by atoms with Crippen LogP contribution in [0.4, 0.5) is 0 Å². The zero-order valence-electron chi connectivity index (χ0n) is 13.8. The number of carbonyl (C=O) groups excluding carboxylic acids is 1. The summed E-state index contributed by atoms with van der Waals surface area (Å²) in [7, 11) is 0. The summed E-state index contributed by atoms with van der Waals surface area (Å²) in [5.74, 6) is -0.502. The normalized spacial score (nSPS) is 11.1. The van der Waals surface area contributed by atoms with Crippen molar-refractivity contribution in [1.29, 1.82) is 0 Å². The van der Waals surface area contributed by atoms with Crippen LogP contribution in [0, 0.1) is 0 Å². The highest BCUT2D eigenvalue weighted by Gasteiger charge is 2.21. The molecule has 130 valence electrons. The Morgan fingerprint density at radius 1 is 1.15 bits per heavy atom. The fourth-order valence-electron chi connectivity index (χ4n) is 3.17. The van der Waals surface area contributed by atoms with E-state index in [0.717, 1.165) is 27.6 Å². The lowest BCUT2D eigenvalue weighted by Gasteiger charge is -2.03. The molecular formula is C20H16ClN3O2. The molecule has 0 radical (unpaired) electrons. The zero-order valence-corrected chi connectivity index (χ0v) is 14.6. The molecule has 2 aromatic heterocycles. The molecule has 0 spiro atoms. The zero-order chi connectivity index (χ0) is 18.1. The number of fused-ring (bicyclic) bond motifs is 1. The predicted molar refractivity (Wildman–Crippen MR) is 101 cm³/mol. The molecule has 3 N–H and O–H groups in total. The van der Waals surface area contributed by atoms with E-state index in [1.54, 1.807) is 0 Å². The fraction of sp³-hybridized carbons (Fsp3) is 0.100. The molecule has 4 aromatic rings. The van der Waals surface area contributed by atoms with Gasteiger partial charge in [-0.3, -0.25) is 4.79 Å². The van der Waals surface area contributed by atoms with Crippen molar-refractivity contribution < 1.29 is 9.32 Å². The lowest BCUT2D eigenvalue weighted by Crippen LogP contribution is -2.12. The summed E-state index contributed by atoms with van der Waals surface area (Å²) in [6, 6.07) is 15.3.